The second kappa shape index (κ2) is 8.37. The molecule has 2 amide bonds. The van der Waals surface area contributed by atoms with Crippen molar-refractivity contribution in [3.63, 3.8) is 0 Å². The number of piperidine rings is 1. The van der Waals surface area contributed by atoms with Gasteiger partial charge in [0.05, 0.1) is 21.6 Å². The summed E-state index contributed by atoms with van der Waals surface area (Å²) in [6.45, 7) is 4.03. The van der Waals surface area contributed by atoms with Crippen LogP contribution < -0.4 is 16.0 Å². The Hall–Kier alpha value is -3.23. The van der Waals surface area contributed by atoms with Gasteiger partial charge in [-0.15, -0.1) is 0 Å². The van der Waals surface area contributed by atoms with E-state index in [0.717, 1.165) is 59.9 Å². The van der Waals surface area contributed by atoms with Gasteiger partial charge in [0.2, 0.25) is 0 Å². The normalized spacial score (nSPS) is 20.2. The molecule has 0 saturated carbocycles. The molecule has 7 nitrogen and oxygen atoms in total. The van der Waals surface area contributed by atoms with Crippen molar-refractivity contribution in [1.29, 1.82) is 0 Å². The molecule has 0 spiro atoms. The highest BCUT2D eigenvalue weighted by Crippen LogP contribution is 2.32. The quantitative estimate of drug-likeness (QED) is 0.591. The van der Waals surface area contributed by atoms with E-state index in [1.165, 1.54) is 11.3 Å². The third-order valence-corrected chi connectivity index (χ3v) is 6.64. The van der Waals surface area contributed by atoms with Crippen molar-refractivity contribution in [2.24, 2.45) is 5.73 Å². The fraction of sp³-hybridized carbons (Fsp3) is 0.250. The number of imide groups is 1. The van der Waals surface area contributed by atoms with E-state index in [0.29, 0.717) is 10.6 Å². The van der Waals surface area contributed by atoms with Gasteiger partial charge in [-0.1, -0.05) is 6.07 Å². The number of nitrogens with zero attached hydrogens (tertiary/aromatic N) is 3. The number of anilines is 1. The molecule has 8 heteroatoms. The molecular formula is C24H23N5O2S. The number of pyridine rings is 2. The van der Waals surface area contributed by atoms with Crippen molar-refractivity contribution in [2.75, 3.05) is 18.0 Å². The number of amides is 2. The maximum Gasteiger partial charge on any atom is 0.290 e. The van der Waals surface area contributed by atoms with Gasteiger partial charge in [-0.2, -0.15) is 0 Å². The zero-order valence-electron chi connectivity index (χ0n) is 17.7. The Morgan fingerprint density at radius 1 is 1.22 bits per heavy atom. The third kappa shape index (κ3) is 3.99. The Kier molecular flexibility index (Phi) is 5.40. The van der Waals surface area contributed by atoms with Crippen molar-refractivity contribution in [2.45, 2.75) is 25.8 Å². The average Bonchev–Trinajstić information content (AvgIpc) is 3.09. The van der Waals surface area contributed by atoms with E-state index in [4.69, 9.17) is 10.7 Å². The van der Waals surface area contributed by atoms with Gasteiger partial charge in [0, 0.05) is 36.6 Å². The summed E-state index contributed by atoms with van der Waals surface area (Å²) in [5.41, 5.74) is 12.7. The van der Waals surface area contributed by atoms with Gasteiger partial charge in [-0.3, -0.25) is 19.9 Å². The number of thioether (sulfide) groups is 1. The monoisotopic (exact) mass is 445 g/mol. The van der Waals surface area contributed by atoms with Gasteiger partial charge >= 0.3 is 0 Å². The van der Waals surface area contributed by atoms with Crippen LogP contribution in [0.15, 0.2) is 47.5 Å². The lowest BCUT2D eigenvalue weighted by Gasteiger charge is -2.33. The summed E-state index contributed by atoms with van der Waals surface area (Å²) >= 11 is 0.884. The second-order valence-corrected chi connectivity index (χ2v) is 9.18. The van der Waals surface area contributed by atoms with Crippen molar-refractivity contribution in [3.05, 3.63) is 58.8 Å². The van der Waals surface area contributed by atoms with Gasteiger partial charge in [-0.05, 0) is 79.1 Å². The van der Waals surface area contributed by atoms with Gasteiger partial charge in [0.1, 0.15) is 0 Å². The van der Waals surface area contributed by atoms with E-state index in [2.05, 4.69) is 40.3 Å². The zero-order chi connectivity index (χ0) is 22.2. The van der Waals surface area contributed by atoms with Crippen molar-refractivity contribution >= 4 is 45.7 Å². The van der Waals surface area contributed by atoms with Gasteiger partial charge in [0.15, 0.2) is 0 Å². The molecule has 2 aromatic heterocycles. The molecule has 2 saturated heterocycles. The SMILES string of the molecule is Cc1cc(-c2ccnc3ccc(C=C4SC(=O)NC4=O)nc23)ccc1N1CCC[C@@H](N)C1. The molecular weight excluding hydrogens is 422 g/mol. The minimum atomic E-state index is -0.392. The second-order valence-electron chi connectivity index (χ2n) is 8.16. The first-order valence-electron chi connectivity index (χ1n) is 10.6. The zero-order valence-corrected chi connectivity index (χ0v) is 18.5. The molecule has 32 heavy (non-hydrogen) atoms. The summed E-state index contributed by atoms with van der Waals surface area (Å²) in [5, 5.41) is 1.90. The lowest BCUT2D eigenvalue weighted by atomic mass is 9.99. The molecule has 3 N–H and O–H groups in total. The summed E-state index contributed by atoms with van der Waals surface area (Å²) in [6, 6.07) is 12.3. The Morgan fingerprint density at radius 2 is 2.09 bits per heavy atom. The van der Waals surface area contributed by atoms with Crippen LogP contribution in [0.4, 0.5) is 10.5 Å². The smallest absolute Gasteiger partial charge is 0.290 e. The van der Waals surface area contributed by atoms with E-state index in [-0.39, 0.29) is 11.3 Å². The highest BCUT2D eigenvalue weighted by atomic mass is 32.2. The summed E-state index contributed by atoms with van der Waals surface area (Å²) in [7, 11) is 0. The maximum atomic E-state index is 11.9. The number of rotatable bonds is 3. The first-order valence-corrected chi connectivity index (χ1v) is 11.4. The van der Waals surface area contributed by atoms with Crippen LogP contribution in [0, 0.1) is 6.92 Å². The van der Waals surface area contributed by atoms with Crippen LogP contribution in [0.2, 0.25) is 0 Å². The predicted octanol–water partition coefficient (Wildman–Crippen LogP) is 3.86. The molecule has 0 bridgehead atoms. The Balaban J connectivity index is 1.52. The first kappa shape index (κ1) is 20.7. The lowest BCUT2D eigenvalue weighted by Crippen LogP contribution is -2.43. The molecule has 2 aliphatic heterocycles. The van der Waals surface area contributed by atoms with E-state index >= 15 is 0 Å². The molecule has 1 atom stereocenters. The summed E-state index contributed by atoms with van der Waals surface area (Å²) in [4.78, 5) is 35.2. The fourth-order valence-corrected chi connectivity index (χ4v) is 4.98. The number of carbonyl (C=O) groups excluding carboxylic acids is 2. The average molecular weight is 446 g/mol. The molecule has 4 heterocycles. The van der Waals surface area contributed by atoms with Crippen LogP contribution in [0.25, 0.3) is 28.2 Å². The number of aryl methyl sites for hydroxylation is 1. The number of hydrogen-bond donors (Lipinski definition) is 2. The molecule has 0 aliphatic carbocycles. The number of aromatic nitrogens is 2. The molecule has 5 rings (SSSR count). The minimum absolute atomic E-state index is 0.221. The highest BCUT2D eigenvalue weighted by molar-refractivity contribution is 8.18. The van der Waals surface area contributed by atoms with Crippen molar-refractivity contribution in [1.82, 2.24) is 15.3 Å². The van der Waals surface area contributed by atoms with Crippen LogP contribution in [-0.4, -0.2) is 40.2 Å². The number of nitrogens with one attached hydrogen (secondary N) is 1. The van der Waals surface area contributed by atoms with Crippen LogP contribution in [0.3, 0.4) is 0 Å². The molecule has 0 radical (unpaired) electrons. The minimum Gasteiger partial charge on any atom is -0.370 e. The predicted molar refractivity (Wildman–Crippen MR) is 128 cm³/mol. The third-order valence-electron chi connectivity index (χ3n) is 5.83. The Morgan fingerprint density at radius 3 is 2.84 bits per heavy atom. The molecule has 1 aromatic carbocycles. The summed E-state index contributed by atoms with van der Waals surface area (Å²) in [5.74, 6) is -0.392. The van der Waals surface area contributed by atoms with Crippen molar-refractivity contribution in [3.8, 4) is 11.1 Å². The molecule has 162 valence electrons. The lowest BCUT2D eigenvalue weighted by molar-refractivity contribution is -0.115. The van der Waals surface area contributed by atoms with E-state index < -0.39 is 5.91 Å². The standard InChI is InChI=1S/C24H23N5O2S/c1-14-11-15(4-7-20(14)29-10-2-3-16(25)13-29)18-8-9-26-19-6-5-17(27-22(18)19)12-21-23(30)28-24(31)32-21/h4-9,11-12,16H,2-3,10,13,25H2,1H3,(H,28,30,31)/t16-/m1/s1. The topological polar surface area (TPSA) is 101 Å². The number of hydrogen-bond acceptors (Lipinski definition) is 7. The van der Waals surface area contributed by atoms with Crippen molar-refractivity contribution < 1.29 is 9.59 Å². The van der Waals surface area contributed by atoms with Crippen LogP contribution >= 0.6 is 11.8 Å². The molecule has 2 aliphatic rings. The van der Waals surface area contributed by atoms with Gasteiger partial charge in [-0.25, -0.2) is 4.98 Å². The number of nitrogens with two attached hydrogens (primary N) is 1. The molecule has 0 unspecified atom stereocenters. The van der Waals surface area contributed by atoms with Crippen LogP contribution in [-0.2, 0) is 4.79 Å². The summed E-state index contributed by atoms with van der Waals surface area (Å²) < 4.78 is 0. The largest absolute Gasteiger partial charge is 0.370 e. The summed E-state index contributed by atoms with van der Waals surface area (Å²) in [6.07, 6.45) is 5.61. The van der Waals surface area contributed by atoms with Gasteiger partial charge < -0.3 is 10.6 Å². The number of fused-ring (bicyclic) bond motifs is 1. The van der Waals surface area contributed by atoms with E-state index in [9.17, 15) is 9.59 Å². The Labute approximate surface area is 190 Å². The van der Waals surface area contributed by atoms with Gasteiger partial charge in [0.25, 0.3) is 11.1 Å². The van der Waals surface area contributed by atoms with E-state index in [1.54, 1.807) is 18.3 Å². The fourth-order valence-electron chi connectivity index (χ4n) is 4.32. The van der Waals surface area contributed by atoms with Crippen LogP contribution in [0.1, 0.15) is 24.1 Å². The first-order chi connectivity index (χ1) is 15.5. The van der Waals surface area contributed by atoms with Crippen LogP contribution in [0.5, 0.6) is 0 Å². The van der Waals surface area contributed by atoms with E-state index in [1.807, 2.05) is 12.1 Å². The maximum absolute atomic E-state index is 11.9. The molecule has 2 fully saturated rings. The highest BCUT2D eigenvalue weighted by Gasteiger charge is 2.25. The number of benzene rings is 1. The Bertz CT molecular complexity index is 1270. The molecule has 3 aromatic rings. The number of carbonyl (C=O) groups is 2.